The third kappa shape index (κ3) is 6.30. The molecule has 3 heterocycles. The quantitative estimate of drug-likeness (QED) is 0.234. The molecule has 244 valence electrons. The number of fused-ring (bicyclic) bond motifs is 1. The lowest BCUT2D eigenvalue weighted by molar-refractivity contribution is -0.141. The highest BCUT2D eigenvalue weighted by Gasteiger charge is 2.49. The molecular weight excluding hydrogens is 584 g/mol. The van der Waals surface area contributed by atoms with E-state index in [-0.39, 0.29) is 22.9 Å². The van der Waals surface area contributed by atoms with Crippen LogP contribution in [0.1, 0.15) is 123 Å². The summed E-state index contributed by atoms with van der Waals surface area (Å²) in [6.45, 7) is 7.14. The van der Waals surface area contributed by atoms with E-state index in [4.69, 9.17) is 4.98 Å². The number of H-pyrrole nitrogens is 1. The van der Waals surface area contributed by atoms with Crippen LogP contribution in [0.5, 0.6) is 0 Å². The van der Waals surface area contributed by atoms with Crippen LogP contribution in [-0.2, 0) is 28.6 Å². The second kappa shape index (κ2) is 12.5. The first kappa shape index (κ1) is 31.5. The number of nitrogens with one attached hydrogen (secondary N) is 1. The van der Waals surface area contributed by atoms with Gasteiger partial charge in [-0.1, -0.05) is 88.6 Å². The summed E-state index contributed by atoms with van der Waals surface area (Å²) < 4.78 is 0. The van der Waals surface area contributed by atoms with Gasteiger partial charge in [-0.05, 0) is 89.3 Å². The predicted octanol–water partition coefficient (Wildman–Crippen LogP) is 7.27. The number of carbonyl (C=O) groups is 1. The topological polar surface area (TPSA) is 99.2 Å². The molecule has 1 atom stereocenters. The van der Waals surface area contributed by atoms with E-state index < -0.39 is 12.0 Å². The largest absolute Gasteiger partial charge is 0.378 e. The Balaban J connectivity index is 1.11. The van der Waals surface area contributed by atoms with Crippen molar-refractivity contribution in [3.05, 3.63) is 117 Å². The van der Waals surface area contributed by atoms with E-state index in [1.54, 1.807) is 11.0 Å². The highest BCUT2D eigenvalue weighted by Crippen LogP contribution is 2.52. The number of aliphatic hydroxyl groups excluding tert-OH is 1. The van der Waals surface area contributed by atoms with Crippen molar-refractivity contribution in [2.45, 2.75) is 108 Å². The SMILES string of the molecule is CC(C)(C)c1cccc(-c2cccc([C@@H](O)C(=O)N3CCCc4nc(C5(c6cncc(C7CCCCC7)c6)CC5)[nH]c(=O)c4C3)c2)c1. The van der Waals surface area contributed by atoms with E-state index >= 15 is 0 Å². The van der Waals surface area contributed by atoms with Gasteiger partial charge in [0.2, 0.25) is 0 Å². The molecule has 2 aliphatic carbocycles. The van der Waals surface area contributed by atoms with Crippen molar-refractivity contribution in [2.75, 3.05) is 6.54 Å². The first-order valence-electron chi connectivity index (χ1n) is 17.4. The molecule has 7 nitrogen and oxygen atoms in total. The summed E-state index contributed by atoms with van der Waals surface area (Å²) in [6, 6.07) is 18.3. The minimum Gasteiger partial charge on any atom is -0.378 e. The lowest BCUT2D eigenvalue weighted by atomic mass is 9.83. The van der Waals surface area contributed by atoms with Gasteiger partial charge in [0.15, 0.2) is 6.10 Å². The molecule has 4 aromatic rings. The maximum absolute atomic E-state index is 13.7. The molecule has 7 heteroatoms. The van der Waals surface area contributed by atoms with Crippen LogP contribution < -0.4 is 5.56 Å². The fourth-order valence-electron chi connectivity index (χ4n) is 7.57. The summed E-state index contributed by atoms with van der Waals surface area (Å²) in [5.74, 6) is 0.884. The third-order valence-electron chi connectivity index (χ3n) is 10.7. The van der Waals surface area contributed by atoms with Crippen LogP contribution in [0.2, 0.25) is 0 Å². The van der Waals surface area contributed by atoms with Crippen LogP contribution in [0.25, 0.3) is 11.1 Å². The van der Waals surface area contributed by atoms with Crippen molar-refractivity contribution in [3.63, 3.8) is 0 Å². The van der Waals surface area contributed by atoms with Gasteiger partial charge in [0.1, 0.15) is 5.82 Å². The van der Waals surface area contributed by atoms with Crippen LogP contribution >= 0.6 is 0 Å². The second-order valence-corrected chi connectivity index (χ2v) is 15.0. The normalized spacial score (nSPS) is 18.7. The van der Waals surface area contributed by atoms with Crippen LogP contribution in [0, 0.1) is 0 Å². The number of aromatic amines is 1. The van der Waals surface area contributed by atoms with Crippen molar-refractivity contribution in [2.24, 2.45) is 0 Å². The van der Waals surface area contributed by atoms with Gasteiger partial charge in [0.05, 0.1) is 23.2 Å². The Morgan fingerprint density at radius 2 is 1.72 bits per heavy atom. The average molecular weight is 631 g/mol. The highest BCUT2D eigenvalue weighted by molar-refractivity contribution is 5.83. The molecule has 2 aromatic heterocycles. The molecule has 7 rings (SSSR count). The number of pyridine rings is 1. The summed E-state index contributed by atoms with van der Waals surface area (Å²) in [5.41, 5.74) is 7.00. The Bertz CT molecular complexity index is 1840. The molecule has 3 aliphatic rings. The summed E-state index contributed by atoms with van der Waals surface area (Å²) in [7, 11) is 0. The maximum Gasteiger partial charge on any atom is 0.256 e. The van der Waals surface area contributed by atoms with Crippen molar-refractivity contribution in [1.29, 1.82) is 0 Å². The van der Waals surface area contributed by atoms with E-state index in [1.165, 1.54) is 43.2 Å². The molecule has 0 spiro atoms. The fourth-order valence-corrected chi connectivity index (χ4v) is 7.57. The van der Waals surface area contributed by atoms with Gasteiger partial charge in [-0.25, -0.2) is 4.98 Å². The minimum absolute atomic E-state index is 0.00961. The number of hydrogen-bond donors (Lipinski definition) is 2. The number of rotatable bonds is 6. The van der Waals surface area contributed by atoms with Crippen LogP contribution in [-0.4, -0.2) is 37.4 Å². The summed E-state index contributed by atoms with van der Waals surface area (Å²) in [6.07, 6.45) is 12.1. The number of aliphatic hydroxyl groups is 1. The van der Waals surface area contributed by atoms with Crippen LogP contribution in [0.4, 0.5) is 0 Å². The molecule has 47 heavy (non-hydrogen) atoms. The zero-order chi connectivity index (χ0) is 32.8. The number of nitrogens with zero attached hydrogens (tertiary/aromatic N) is 3. The Morgan fingerprint density at radius 3 is 2.47 bits per heavy atom. The molecule has 1 amide bonds. The van der Waals surface area contributed by atoms with Gasteiger partial charge >= 0.3 is 0 Å². The summed E-state index contributed by atoms with van der Waals surface area (Å²) in [5, 5.41) is 11.3. The molecule has 0 unspecified atom stereocenters. The predicted molar refractivity (Wildman–Crippen MR) is 184 cm³/mol. The zero-order valence-electron chi connectivity index (χ0n) is 27.9. The number of aromatic nitrogens is 3. The second-order valence-electron chi connectivity index (χ2n) is 15.0. The first-order chi connectivity index (χ1) is 22.6. The van der Waals surface area contributed by atoms with Gasteiger partial charge in [0.25, 0.3) is 11.5 Å². The Labute approximate surface area is 277 Å². The monoisotopic (exact) mass is 630 g/mol. The Kier molecular flexibility index (Phi) is 8.37. The molecule has 0 bridgehead atoms. The fraction of sp³-hybridized carbons (Fsp3) is 0.450. The van der Waals surface area contributed by atoms with E-state index in [9.17, 15) is 14.7 Å². The number of amides is 1. The van der Waals surface area contributed by atoms with E-state index in [0.717, 1.165) is 41.1 Å². The Hall–Kier alpha value is -4.10. The van der Waals surface area contributed by atoms with Crippen molar-refractivity contribution < 1.29 is 9.90 Å². The van der Waals surface area contributed by atoms with Gasteiger partial charge in [0, 0.05) is 18.9 Å². The minimum atomic E-state index is -1.33. The van der Waals surface area contributed by atoms with Gasteiger partial charge in [-0.15, -0.1) is 0 Å². The molecule has 2 aromatic carbocycles. The van der Waals surface area contributed by atoms with Crippen molar-refractivity contribution in [3.8, 4) is 11.1 Å². The lowest BCUT2D eigenvalue weighted by Crippen LogP contribution is -2.36. The molecule has 2 saturated carbocycles. The van der Waals surface area contributed by atoms with Crippen LogP contribution in [0.15, 0.2) is 71.8 Å². The highest BCUT2D eigenvalue weighted by atomic mass is 16.3. The van der Waals surface area contributed by atoms with Gasteiger partial charge in [-0.3, -0.25) is 14.6 Å². The zero-order valence-corrected chi connectivity index (χ0v) is 27.9. The number of aryl methyl sites for hydroxylation is 1. The molecule has 1 aliphatic heterocycles. The third-order valence-corrected chi connectivity index (χ3v) is 10.7. The first-order valence-corrected chi connectivity index (χ1v) is 17.4. The molecular formula is C40H46N4O3. The summed E-state index contributed by atoms with van der Waals surface area (Å²) >= 11 is 0. The average Bonchev–Trinajstić information content (AvgIpc) is 3.93. The molecule has 2 N–H and O–H groups in total. The molecule has 0 radical (unpaired) electrons. The van der Waals surface area contributed by atoms with E-state index in [1.807, 2.05) is 36.7 Å². The van der Waals surface area contributed by atoms with E-state index in [2.05, 4.69) is 55.0 Å². The lowest BCUT2D eigenvalue weighted by Gasteiger charge is -2.24. The number of carbonyl (C=O) groups excluding carboxylic acids is 1. The van der Waals surface area contributed by atoms with Gasteiger partial charge in [-0.2, -0.15) is 0 Å². The standard InChI is InChI=1S/C40H46N4O3/c1-39(2,3)31-15-8-13-28(21-31)27-12-7-14-29(20-27)35(45)37(47)44-19-9-16-34-33(25-44)36(46)43-38(42-34)40(17-18-40)32-22-30(23-41-24-32)26-10-5-4-6-11-26/h7-8,12-15,20-24,26,35,45H,4-6,9-11,16-19,25H2,1-3H3,(H,42,43,46)/t35-/m1/s1. The van der Waals surface area contributed by atoms with Crippen molar-refractivity contribution >= 4 is 5.91 Å². The van der Waals surface area contributed by atoms with Crippen molar-refractivity contribution in [1.82, 2.24) is 19.9 Å². The number of benzene rings is 2. The smallest absolute Gasteiger partial charge is 0.256 e. The Morgan fingerprint density at radius 1 is 0.979 bits per heavy atom. The molecule has 0 saturated heterocycles. The summed E-state index contributed by atoms with van der Waals surface area (Å²) in [4.78, 5) is 41.8. The molecule has 2 fully saturated rings. The maximum atomic E-state index is 13.7. The number of hydrogen-bond acceptors (Lipinski definition) is 5. The van der Waals surface area contributed by atoms with Crippen LogP contribution in [0.3, 0.4) is 0 Å². The van der Waals surface area contributed by atoms with Gasteiger partial charge < -0.3 is 15.0 Å². The van der Waals surface area contributed by atoms with E-state index in [0.29, 0.717) is 36.4 Å².